The number of nitrogens with one attached hydrogen (secondary N) is 1. The van der Waals surface area contributed by atoms with Gasteiger partial charge in [-0.3, -0.25) is 4.79 Å². The molecule has 0 radical (unpaired) electrons. The molecule has 3 aromatic rings. The van der Waals surface area contributed by atoms with Crippen molar-refractivity contribution in [2.45, 2.75) is 25.7 Å². The van der Waals surface area contributed by atoms with E-state index in [2.05, 4.69) is 15.2 Å². The maximum atomic E-state index is 12.9. The highest BCUT2D eigenvalue weighted by Gasteiger charge is 2.28. The molecule has 3 heterocycles. The molecule has 1 fully saturated rings. The summed E-state index contributed by atoms with van der Waals surface area (Å²) in [6, 6.07) is 7.93. The number of nitrogens with zero attached hydrogens (tertiary/aromatic N) is 3. The molecule has 1 N–H and O–H groups in total. The van der Waals surface area contributed by atoms with Gasteiger partial charge < -0.3 is 9.88 Å². The molecular formula is C17H18N4OS. The molecule has 2 aromatic heterocycles. The van der Waals surface area contributed by atoms with Crippen molar-refractivity contribution in [1.29, 1.82) is 0 Å². The third kappa shape index (κ3) is 2.63. The molecule has 1 saturated heterocycles. The highest BCUT2D eigenvalue weighted by Crippen LogP contribution is 2.30. The number of hydrogen-bond donors (Lipinski definition) is 1. The number of aromatic amines is 1. The van der Waals surface area contributed by atoms with Gasteiger partial charge in [0.25, 0.3) is 5.91 Å². The van der Waals surface area contributed by atoms with E-state index in [1.54, 1.807) is 11.3 Å². The number of amides is 1. The molecule has 0 bridgehead atoms. The number of fused-ring (bicyclic) bond motifs is 1. The van der Waals surface area contributed by atoms with Crippen LogP contribution in [0.3, 0.4) is 0 Å². The number of rotatable bonds is 2. The Bertz CT molecular complexity index is 853. The summed E-state index contributed by atoms with van der Waals surface area (Å²) >= 11 is 1.64. The number of carbonyl (C=O) groups excluding carboxylic acids is 1. The molecule has 6 heteroatoms. The number of likely N-dealkylation sites (tertiary alicyclic amines) is 1. The maximum absolute atomic E-state index is 12.9. The second-order valence-corrected chi connectivity index (χ2v) is 7.21. The molecule has 118 valence electrons. The van der Waals surface area contributed by atoms with E-state index in [0.717, 1.165) is 52.4 Å². The molecule has 23 heavy (non-hydrogen) atoms. The topological polar surface area (TPSA) is 61.9 Å². The zero-order valence-corrected chi connectivity index (χ0v) is 13.8. The minimum absolute atomic E-state index is 0.105. The number of hydrogen-bond acceptors (Lipinski definition) is 4. The van der Waals surface area contributed by atoms with E-state index >= 15 is 0 Å². The van der Waals surface area contributed by atoms with Crippen LogP contribution in [0.1, 0.15) is 39.1 Å². The molecule has 1 aliphatic heterocycles. The lowest BCUT2D eigenvalue weighted by Gasteiger charge is -2.31. The zero-order valence-electron chi connectivity index (χ0n) is 13.0. The van der Waals surface area contributed by atoms with E-state index in [1.807, 2.05) is 42.3 Å². The SMILES string of the molecule is Cc1nnc([C@H]2CCCN(C(=O)c3c[nH]c4ccccc34)C2)s1. The summed E-state index contributed by atoms with van der Waals surface area (Å²) in [7, 11) is 0. The van der Waals surface area contributed by atoms with Crippen molar-refractivity contribution < 1.29 is 4.79 Å². The monoisotopic (exact) mass is 326 g/mol. The number of aromatic nitrogens is 3. The van der Waals surface area contributed by atoms with Gasteiger partial charge in [-0.1, -0.05) is 18.2 Å². The van der Waals surface area contributed by atoms with Crippen molar-refractivity contribution in [3.63, 3.8) is 0 Å². The molecule has 0 aliphatic carbocycles. The van der Waals surface area contributed by atoms with E-state index in [1.165, 1.54) is 0 Å². The minimum atomic E-state index is 0.105. The van der Waals surface area contributed by atoms with Crippen molar-refractivity contribution >= 4 is 28.1 Å². The molecule has 1 atom stereocenters. The average Bonchev–Trinajstić information content (AvgIpc) is 3.20. The first kappa shape index (κ1) is 14.4. The molecule has 1 aromatic carbocycles. The van der Waals surface area contributed by atoms with Gasteiger partial charge in [0, 0.05) is 36.1 Å². The van der Waals surface area contributed by atoms with Crippen LogP contribution in [0, 0.1) is 6.92 Å². The lowest BCUT2D eigenvalue weighted by atomic mass is 9.98. The van der Waals surface area contributed by atoms with Crippen LogP contribution < -0.4 is 0 Å². The smallest absolute Gasteiger partial charge is 0.256 e. The van der Waals surface area contributed by atoms with Crippen molar-refractivity contribution in [2.75, 3.05) is 13.1 Å². The normalized spacial score (nSPS) is 18.5. The molecule has 5 nitrogen and oxygen atoms in total. The molecule has 0 saturated carbocycles. The number of piperidine rings is 1. The largest absolute Gasteiger partial charge is 0.360 e. The Morgan fingerprint density at radius 2 is 2.22 bits per heavy atom. The van der Waals surface area contributed by atoms with E-state index in [-0.39, 0.29) is 5.91 Å². The highest BCUT2D eigenvalue weighted by atomic mass is 32.1. The molecule has 0 unspecified atom stereocenters. The van der Waals surface area contributed by atoms with Gasteiger partial charge in [-0.05, 0) is 25.8 Å². The van der Waals surface area contributed by atoms with Gasteiger partial charge in [0.15, 0.2) is 0 Å². The van der Waals surface area contributed by atoms with Gasteiger partial charge in [-0.15, -0.1) is 21.5 Å². The van der Waals surface area contributed by atoms with Gasteiger partial charge in [0.2, 0.25) is 0 Å². The van der Waals surface area contributed by atoms with E-state index < -0.39 is 0 Å². The van der Waals surface area contributed by atoms with Gasteiger partial charge in [-0.2, -0.15) is 0 Å². The van der Waals surface area contributed by atoms with Crippen LogP contribution >= 0.6 is 11.3 Å². The molecule has 1 amide bonds. The quantitative estimate of drug-likeness (QED) is 0.785. The Hall–Kier alpha value is -2.21. The minimum Gasteiger partial charge on any atom is -0.360 e. The Morgan fingerprint density at radius 1 is 1.35 bits per heavy atom. The van der Waals surface area contributed by atoms with Gasteiger partial charge >= 0.3 is 0 Å². The second-order valence-electron chi connectivity index (χ2n) is 6.00. The number of benzene rings is 1. The Balaban J connectivity index is 1.58. The summed E-state index contributed by atoms with van der Waals surface area (Å²) in [5.74, 6) is 0.414. The van der Waals surface area contributed by atoms with Crippen molar-refractivity contribution in [3.05, 3.63) is 46.0 Å². The lowest BCUT2D eigenvalue weighted by Crippen LogP contribution is -2.39. The van der Waals surface area contributed by atoms with Gasteiger partial charge in [0.05, 0.1) is 5.56 Å². The molecular weight excluding hydrogens is 308 g/mol. The van der Waals surface area contributed by atoms with Crippen LogP contribution in [0.4, 0.5) is 0 Å². The summed E-state index contributed by atoms with van der Waals surface area (Å²) in [6.45, 7) is 3.51. The van der Waals surface area contributed by atoms with Gasteiger partial charge in [0.1, 0.15) is 10.0 Å². The predicted molar refractivity (Wildman–Crippen MR) is 90.8 cm³/mol. The Kier molecular flexibility index (Phi) is 3.61. The lowest BCUT2D eigenvalue weighted by molar-refractivity contribution is 0.0709. The van der Waals surface area contributed by atoms with Crippen molar-refractivity contribution in [1.82, 2.24) is 20.1 Å². The summed E-state index contributed by atoms with van der Waals surface area (Å²) in [5.41, 5.74) is 1.76. The summed E-state index contributed by atoms with van der Waals surface area (Å²) in [4.78, 5) is 18.1. The third-order valence-corrected chi connectivity index (χ3v) is 5.42. The fraction of sp³-hybridized carbons (Fsp3) is 0.353. The van der Waals surface area contributed by atoms with Gasteiger partial charge in [-0.25, -0.2) is 0 Å². The fourth-order valence-electron chi connectivity index (χ4n) is 3.26. The van der Waals surface area contributed by atoms with Crippen molar-refractivity contribution in [3.8, 4) is 0 Å². The van der Waals surface area contributed by atoms with Crippen LogP contribution in [0.2, 0.25) is 0 Å². The van der Waals surface area contributed by atoms with Crippen LogP contribution in [0.5, 0.6) is 0 Å². The second kappa shape index (κ2) is 5.77. The Labute approximate surface area is 138 Å². The fourth-order valence-corrected chi connectivity index (χ4v) is 4.08. The number of para-hydroxylation sites is 1. The average molecular weight is 326 g/mol. The first-order valence-electron chi connectivity index (χ1n) is 7.88. The Morgan fingerprint density at radius 3 is 3.04 bits per heavy atom. The number of aryl methyl sites for hydroxylation is 1. The third-order valence-electron chi connectivity index (χ3n) is 4.42. The first-order chi connectivity index (χ1) is 11.2. The van der Waals surface area contributed by atoms with Crippen LogP contribution in [0.15, 0.2) is 30.5 Å². The predicted octanol–water partition coefficient (Wildman–Crippen LogP) is 3.35. The summed E-state index contributed by atoms with van der Waals surface area (Å²) in [6.07, 6.45) is 3.91. The zero-order chi connectivity index (χ0) is 15.8. The summed E-state index contributed by atoms with van der Waals surface area (Å²) < 4.78 is 0. The van der Waals surface area contributed by atoms with Crippen molar-refractivity contribution in [2.24, 2.45) is 0 Å². The van der Waals surface area contributed by atoms with Crippen LogP contribution in [-0.4, -0.2) is 39.1 Å². The highest BCUT2D eigenvalue weighted by molar-refractivity contribution is 7.11. The van der Waals surface area contributed by atoms with Crippen LogP contribution in [0.25, 0.3) is 10.9 Å². The summed E-state index contributed by atoms with van der Waals surface area (Å²) in [5, 5.41) is 11.4. The number of carbonyl (C=O) groups is 1. The van der Waals surface area contributed by atoms with E-state index in [4.69, 9.17) is 0 Å². The first-order valence-corrected chi connectivity index (χ1v) is 8.69. The number of H-pyrrole nitrogens is 1. The van der Waals surface area contributed by atoms with E-state index in [9.17, 15) is 4.79 Å². The molecule has 4 rings (SSSR count). The van der Waals surface area contributed by atoms with E-state index in [0.29, 0.717) is 5.92 Å². The molecule has 0 spiro atoms. The maximum Gasteiger partial charge on any atom is 0.256 e. The van der Waals surface area contributed by atoms with Crippen LogP contribution in [-0.2, 0) is 0 Å². The standard InChI is InChI=1S/C17H18N4OS/c1-11-19-20-16(23-11)12-5-4-8-21(10-12)17(22)14-9-18-15-7-3-2-6-13(14)15/h2-3,6-7,9,12,18H,4-5,8,10H2,1H3/t12-/m0/s1. The molecule has 1 aliphatic rings.